The first-order valence-electron chi connectivity index (χ1n) is 6.35. The van der Waals surface area contributed by atoms with E-state index in [0.717, 1.165) is 22.9 Å². The van der Waals surface area contributed by atoms with Gasteiger partial charge >= 0.3 is 0 Å². The quantitative estimate of drug-likeness (QED) is 0.636. The van der Waals surface area contributed by atoms with Crippen molar-refractivity contribution in [3.05, 3.63) is 29.6 Å². The van der Waals surface area contributed by atoms with Gasteiger partial charge in [0.05, 0.1) is 0 Å². The van der Waals surface area contributed by atoms with Gasteiger partial charge in [0.25, 0.3) is 0 Å². The summed E-state index contributed by atoms with van der Waals surface area (Å²) in [6.45, 7) is 0.259. The van der Waals surface area contributed by atoms with Gasteiger partial charge < -0.3 is 25.9 Å². The third-order valence-corrected chi connectivity index (χ3v) is 3.25. The van der Waals surface area contributed by atoms with Crippen LogP contribution in [0.2, 0.25) is 0 Å². The maximum Gasteiger partial charge on any atom is 0.231 e. The van der Waals surface area contributed by atoms with Gasteiger partial charge in [-0.15, -0.1) is 0 Å². The van der Waals surface area contributed by atoms with Gasteiger partial charge in [0.1, 0.15) is 5.82 Å². The van der Waals surface area contributed by atoms with Crippen LogP contribution in [0.4, 0.5) is 11.8 Å². The Morgan fingerprint density at radius 3 is 2.86 bits per heavy atom. The minimum atomic E-state index is 0.123. The van der Waals surface area contributed by atoms with Crippen LogP contribution in [-0.2, 0) is 6.42 Å². The highest BCUT2D eigenvalue weighted by molar-refractivity contribution is 5.82. The number of fused-ring (bicyclic) bond motifs is 2. The normalized spacial score (nSPS) is 13.0. The second-order valence-corrected chi connectivity index (χ2v) is 4.71. The van der Waals surface area contributed by atoms with Crippen molar-refractivity contribution < 1.29 is 9.47 Å². The van der Waals surface area contributed by atoms with Gasteiger partial charge in [0, 0.05) is 6.42 Å². The van der Waals surface area contributed by atoms with E-state index in [4.69, 9.17) is 20.9 Å². The molecule has 2 aromatic heterocycles. The number of imidazole rings is 1. The topological polar surface area (TPSA) is 125 Å². The lowest BCUT2D eigenvalue weighted by molar-refractivity contribution is 0.174. The van der Waals surface area contributed by atoms with E-state index in [2.05, 4.69) is 19.9 Å². The Labute approximate surface area is 119 Å². The van der Waals surface area contributed by atoms with Crippen LogP contribution >= 0.6 is 0 Å². The van der Waals surface area contributed by atoms with Gasteiger partial charge in [-0.1, -0.05) is 6.07 Å². The molecule has 3 aromatic rings. The summed E-state index contributed by atoms with van der Waals surface area (Å²) < 4.78 is 10.6. The minimum Gasteiger partial charge on any atom is -0.454 e. The van der Waals surface area contributed by atoms with Gasteiger partial charge in [-0.2, -0.15) is 9.97 Å². The third-order valence-electron chi connectivity index (χ3n) is 3.25. The Morgan fingerprint density at radius 2 is 1.95 bits per heavy atom. The molecular formula is C13H12N6O2. The molecule has 8 nitrogen and oxygen atoms in total. The Kier molecular flexibility index (Phi) is 2.37. The second kappa shape index (κ2) is 4.23. The summed E-state index contributed by atoms with van der Waals surface area (Å²) in [5, 5.41) is 0. The van der Waals surface area contributed by atoms with E-state index in [9.17, 15) is 0 Å². The van der Waals surface area contributed by atoms with E-state index < -0.39 is 0 Å². The number of hydrogen-bond acceptors (Lipinski definition) is 7. The van der Waals surface area contributed by atoms with Crippen LogP contribution < -0.4 is 20.9 Å². The first kappa shape index (κ1) is 11.8. The van der Waals surface area contributed by atoms with Crippen LogP contribution in [0, 0.1) is 0 Å². The minimum absolute atomic E-state index is 0.123. The van der Waals surface area contributed by atoms with Crippen molar-refractivity contribution in [1.29, 1.82) is 0 Å². The average Bonchev–Trinajstić information content (AvgIpc) is 3.04. The van der Waals surface area contributed by atoms with Crippen molar-refractivity contribution >= 4 is 22.9 Å². The van der Waals surface area contributed by atoms with Crippen LogP contribution in [0.15, 0.2) is 18.2 Å². The van der Waals surface area contributed by atoms with Crippen LogP contribution in [0.1, 0.15) is 11.4 Å². The molecule has 1 aliphatic heterocycles. The maximum absolute atomic E-state index is 5.79. The lowest BCUT2D eigenvalue weighted by Gasteiger charge is -2.00. The van der Waals surface area contributed by atoms with Crippen LogP contribution in [0.3, 0.4) is 0 Å². The number of ether oxygens (including phenoxy) is 2. The molecule has 0 atom stereocenters. The molecule has 1 aromatic carbocycles. The zero-order valence-corrected chi connectivity index (χ0v) is 11.0. The van der Waals surface area contributed by atoms with Crippen LogP contribution in [0.25, 0.3) is 11.2 Å². The lowest BCUT2D eigenvalue weighted by atomic mass is 10.1. The van der Waals surface area contributed by atoms with E-state index in [-0.39, 0.29) is 18.6 Å². The van der Waals surface area contributed by atoms with Gasteiger partial charge in [-0.05, 0) is 17.7 Å². The molecule has 4 rings (SSSR count). The molecule has 0 fully saturated rings. The number of H-pyrrole nitrogens is 1. The van der Waals surface area contributed by atoms with E-state index >= 15 is 0 Å². The van der Waals surface area contributed by atoms with Crippen molar-refractivity contribution in [3.8, 4) is 11.5 Å². The SMILES string of the molecule is Nc1nc(N)c2nc(Cc3ccc4c(c3)OCO4)[nH]c2n1. The van der Waals surface area contributed by atoms with Gasteiger partial charge in [0.15, 0.2) is 28.5 Å². The van der Waals surface area contributed by atoms with E-state index in [0.29, 0.717) is 17.6 Å². The van der Waals surface area contributed by atoms with Gasteiger partial charge in [-0.25, -0.2) is 4.98 Å². The fourth-order valence-corrected chi connectivity index (χ4v) is 2.32. The molecule has 3 heterocycles. The van der Waals surface area contributed by atoms with Crippen molar-refractivity contribution in [2.75, 3.05) is 18.3 Å². The first-order valence-corrected chi connectivity index (χ1v) is 6.35. The van der Waals surface area contributed by atoms with Crippen LogP contribution in [-0.4, -0.2) is 26.7 Å². The molecule has 0 saturated heterocycles. The number of rotatable bonds is 2. The summed E-state index contributed by atoms with van der Waals surface area (Å²) >= 11 is 0. The van der Waals surface area contributed by atoms with E-state index in [1.807, 2.05) is 18.2 Å². The largest absolute Gasteiger partial charge is 0.454 e. The molecule has 1 aliphatic rings. The number of hydrogen-bond donors (Lipinski definition) is 3. The van der Waals surface area contributed by atoms with Crippen molar-refractivity contribution in [2.24, 2.45) is 0 Å². The number of nitrogens with two attached hydrogens (primary N) is 2. The highest BCUT2D eigenvalue weighted by Crippen LogP contribution is 2.33. The predicted octanol–water partition coefficient (Wildman–Crippen LogP) is 0.837. The first-order chi connectivity index (χ1) is 10.2. The molecule has 5 N–H and O–H groups in total. The summed E-state index contributed by atoms with van der Waals surface area (Å²) in [6, 6.07) is 5.77. The average molecular weight is 284 g/mol. The Hall–Kier alpha value is -3.03. The Balaban J connectivity index is 1.69. The second-order valence-electron chi connectivity index (χ2n) is 4.71. The molecule has 0 amide bonds. The summed E-state index contributed by atoms with van der Waals surface area (Å²) in [4.78, 5) is 15.5. The molecular weight excluding hydrogens is 272 g/mol. The maximum atomic E-state index is 5.79. The molecule has 0 bridgehead atoms. The monoisotopic (exact) mass is 284 g/mol. The summed E-state index contributed by atoms with van der Waals surface area (Å²) in [5.74, 6) is 2.62. The number of nitrogen functional groups attached to an aromatic ring is 2. The highest BCUT2D eigenvalue weighted by atomic mass is 16.7. The Bertz CT molecular complexity index is 844. The molecule has 21 heavy (non-hydrogen) atoms. The predicted molar refractivity (Wildman–Crippen MR) is 75.9 cm³/mol. The third kappa shape index (κ3) is 1.97. The number of anilines is 2. The molecule has 0 unspecified atom stereocenters. The number of aromatic amines is 1. The molecule has 0 aliphatic carbocycles. The van der Waals surface area contributed by atoms with Crippen molar-refractivity contribution in [3.63, 3.8) is 0 Å². The zero-order chi connectivity index (χ0) is 14.4. The lowest BCUT2D eigenvalue weighted by Crippen LogP contribution is -1.99. The molecule has 0 spiro atoms. The van der Waals surface area contributed by atoms with Crippen LogP contribution in [0.5, 0.6) is 11.5 Å². The molecule has 106 valence electrons. The van der Waals surface area contributed by atoms with E-state index in [1.165, 1.54) is 0 Å². The fraction of sp³-hybridized carbons (Fsp3) is 0.154. The summed E-state index contributed by atoms with van der Waals surface area (Å²) in [6.07, 6.45) is 0.590. The van der Waals surface area contributed by atoms with Crippen molar-refractivity contribution in [1.82, 2.24) is 19.9 Å². The summed E-state index contributed by atoms with van der Waals surface area (Å²) in [5.41, 5.74) is 13.5. The van der Waals surface area contributed by atoms with Gasteiger partial charge in [0.2, 0.25) is 12.7 Å². The molecule has 0 radical (unpaired) electrons. The zero-order valence-electron chi connectivity index (χ0n) is 11.0. The number of aromatic nitrogens is 4. The highest BCUT2D eigenvalue weighted by Gasteiger charge is 2.15. The van der Waals surface area contributed by atoms with Crippen molar-refractivity contribution in [2.45, 2.75) is 6.42 Å². The summed E-state index contributed by atoms with van der Waals surface area (Å²) in [7, 11) is 0. The smallest absolute Gasteiger partial charge is 0.231 e. The fourth-order valence-electron chi connectivity index (χ4n) is 2.32. The number of nitrogens with one attached hydrogen (secondary N) is 1. The Morgan fingerprint density at radius 1 is 1.10 bits per heavy atom. The molecule has 8 heteroatoms. The van der Waals surface area contributed by atoms with Gasteiger partial charge in [-0.3, -0.25) is 0 Å². The number of benzene rings is 1. The number of nitrogens with zero attached hydrogens (tertiary/aromatic N) is 3. The van der Waals surface area contributed by atoms with E-state index in [1.54, 1.807) is 0 Å². The molecule has 0 saturated carbocycles. The standard InChI is InChI=1S/C13H12N6O2/c14-11-10-12(19-13(15)18-11)17-9(16-10)4-6-1-2-7-8(3-6)21-5-20-7/h1-3H,4-5H2,(H5,14,15,16,17,18,19).